The van der Waals surface area contributed by atoms with E-state index in [2.05, 4.69) is 10.1 Å². The molecule has 2 aromatic heterocycles. The highest BCUT2D eigenvalue weighted by Crippen LogP contribution is 2.42. The van der Waals surface area contributed by atoms with Gasteiger partial charge in [-0.1, -0.05) is 0 Å². The lowest BCUT2D eigenvalue weighted by atomic mass is 9.84. The molecule has 1 unspecified atom stereocenters. The first kappa shape index (κ1) is 28.3. The van der Waals surface area contributed by atoms with Gasteiger partial charge in [0.25, 0.3) is 5.56 Å². The number of esters is 1. The number of primary amides is 1. The van der Waals surface area contributed by atoms with Gasteiger partial charge in [0.1, 0.15) is 25.8 Å². The van der Waals surface area contributed by atoms with E-state index >= 15 is 0 Å². The van der Waals surface area contributed by atoms with Gasteiger partial charge in [0.05, 0.1) is 35.6 Å². The zero-order valence-electron chi connectivity index (χ0n) is 22.6. The second-order valence-corrected chi connectivity index (χ2v) is 10.4. The number of benzene rings is 1. The van der Waals surface area contributed by atoms with Crippen LogP contribution >= 0.6 is 0 Å². The Labute approximate surface area is 233 Å². The quantitative estimate of drug-likeness (QED) is 0.148. The van der Waals surface area contributed by atoms with E-state index in [0.29, 0.717) is 29.0 Å². The third kappa shape index (κ3) is 4.85. The number of halogens is 1. The van der Waals surface area contributed by atoms with Gasteiger partial charge in [-0.3, -0.25) is 14.4 Å². The van der Waals surface area contributed by atoms with Crippen LogP contribution in [-0.4, -0.2) is 52.3 Å². The molecular weight excluding hydrogens is 537 g/mol. The summed E-state index contributed by atoms with van der Waals surface area (Å²) in [6, 6.07) is 3.14. The van der Waals surface area contributed by atoms with Crippen molar-refractivity contribution in [3.63, 3.8) is 0 Å². The molecule has 0 spiro atoms. The summed E-state index contributed by atoms with van der Waals surface area (Å²) in [5.74, 6) is -1.97. The number of aryl methyl sites for hydroxylation is 2. The second kappa shape index (κ2) is 10.7. The molecule has 0 saturated carbocycles. The molecule has 216 valence electrons. The average Bonchev–Trinajstić information content (AvgIpc) is 3.31. The van der Waals surface area contributed by atoms with Crippen molar-refractivity contribution in [2.24, 2.45) is 11.5 Å². The zero-order chi connectivity index (χ0) is 29.6. The summed E-state index contributed by atoms with van der Waals surface area (Å²) in [6.45, 7) is 3.02. The number of pyridine rings is 2. The molecule has 2 amide bonds. The van der Waals surface area contributed by atoms with Gasteiger partial charge >= 0.3 is 5.97 Å². The molecule has 3 aromatic rings. The number of nitrogens with one attached hydrogen (secondary N) is 1. The Hall–Kier alpha value is -4.20. The molecule has 41 heavy (non-hydrogen) atoms. The summed E-state index contributed by atoms with van der Waals surface area (Å²) < 4.78 is 25.8. The number of cyclic esters (lactones) is 1. The lowest BCUT2D eigenvalue weighted by Gasteiger charge is -2.29. The molecule has 0 radical (unpaired) electrons. The molecule has 6 rings (SSSR count). The van der Waals surface area contributed by atoms with Gasteiger partial charge in [0.2, 0.25) is 11.8 Å². The van der Waals surface area contributed by atoms with E-state index in [4.69, 9.17) is 21.2 Å². The zero-order valence-corrected chi connectivity index (χ0v) is 22.6. The van der Waals surface area contributed by atoms with Gasteiger partial charge in [0, 0.05) is 22.6 Å². The normalized spacial score (nSPS) is 18.0. The van der Waals surface area contributed by atoms with E-state index in [-0.39, 0.29) is 54.9 Å². The van der Waals surface area contributed by atoms with Crippen molar-refractivity contribution >= 4 is 28.7 Å². The third-order valence-electron chi connectivity index (χ3n) is 7.70. The number of rotatable bonds is 5. The number of ether oxygens (including phenoxy) is 2. The predicted molar refractivity (Wildman–Crippen MR) is 144 cm³/mol. The molecule has 2 aliphatic heterocycles. The van der Waals surface area contributed by atoms with Gasteiger partial charge in [0.15, 0.2) is 5.60 Å². The van der Waals surface area contributed by atoms with E-state index in [9.17, 15) is 28.7 Å². The highest BCUT2D eigenvalue weighted by atomic mass is 19.1. The first-order valence-corrected chi connectivity index (χ1v) is 13.1. The number of aliphatic hydroxyl groups is 1. The highest BCUT2D eigenvalue weighted by molar-refractivity contribution is 5.92. The first-order chi connectivity index (χ1) is 19.4. The van der Waals surface area contributed by atoms with E-state index in [1.807, 2.05) is 0 Å². The number of carbonyl (C=O) groups excluding carboxylic acids is 3. The molecule has 1 aliphatic carbocycles. The van der Waals surface area contributed by atoms with Crippen LogP contribution < -0.4 is 22.3 Å². The van der Waals surface area contributed by atoms with Crippen molar-refractivity contribution in [2.75, 3.05) is 19.9 Å². The molecule has 1 atom stereocenters. The number of nitrogens with zero attached hydrogens (tertiary/aromatic N) is 2. The minimum absolute atomic E-state index is 0.0427. The van der Waals surface area contributed by atoms with Crippen molar-refractivity contribution in [1.29, 1.82) is 0 Å². The molecule has 4 heterocycles. The molecule has 6 N–H and O–H groups in total. The fourth-order valence-corrected chi connectivity index (χ4v) is 5.62. The van der Waals surface area contributed by atoms with Crippen LogP contribution in [0.3, 0.4) is 0 Å². The summed E-state index contributed by atoms with van der Waals surface area (Å²) in [5, 5.41) is 14.0. The molecule has 1 aromatic carbocycles. The molecule has 0 fully saturated rings. The molecule has 0 bridgehead atoms. The van der Waals surface area contributed by atoms with Crippen LogP contribution in [0, 0.1) is 12.7 Å². The Morgan fingerprint density at radius 2 is 1.95 bits per heavy atom. The SMILES string of the molecule is Cc1c(F)cc2nc3c(c4c2c1CCC4)Cn1c-3cc2c(c1=O)COC(=O)C2(C)O.NCC(=O)NCOCC(N)=O. The van der Waals surface area contributed by atoms with E-state index in [0.717, 1.165) is 41.3 Å². The molecule has 0 saturated heterocycles. The minimum Gasteiger partial charge on any atom is -0.458 e. The standard InChI is InChI=1S/C23H19FN2O4.C5H11N3O3/c1-10-11-4-3-5-12-13-8-26-18(20(13)25-17(19(11)12)7-16(10)24)6-15-14(21(26)27)9-30-22(28)23(15,2)29;6-1-5(10)8-3-11-2-4(7)9/h6-7,29H,3-5,8-9H2,1-2H3;1-3,6H2,(H2,7,9)(H,8,10). The summed E-state index contributed by atoms with van der Waals surface area (Å²) in [7, 11) is 0. The Kier molecular flexibility index (Phi) is 7.36. The van der Waals surface area contributed by atoms with Crippen LogP contribution in [0.2, 0.25) is 0 Å². The Bertz CT molecular complexity index is 1680. The van der Waals surface area contributed by atoms with E-state index < -0.39 is 17.5 Å². The second-order valence-electron chi connectivity index (χ2n) is 10.4. The van der Waals surface area contributed by atoms with Crippen molar-refractivity contribution in [3.8, 4) is 11.4 Å². The van der Waals surface area contributed by atoms with Crippen molar-refractivity contribution in [2.45, 2.75) is 51.9 Å². The molecule has 13 heteroatoms. The van der Waals surface area contributed by atoms with Crippen LogP contribution in [0.1, 0.15) is 46.7 Å². The van der Waals surface area contributed by atoms with Crippen LogP contribution in [-0.2, 0) is 55.5 Å². The number of fused-ring (bicyclic) bond motifs is 5. The minimum atomic E-state index is -1.90. The van der Waals surface area contributed by atoms with E-state index in [1.54, 1.807) is 17.6 Å². The summed E-state index contributed by atoms with van der Waals surface area (Å²) >= 11 is 0. The largest absolute Gasteiger partial charge is 0.458 e. The monoisotopic (exact) mass is 567 g/mol. The van der Waals surface area contributed by atoms with Gasteiger partial charge in [-0.15, -0.1) is 0 Å². The number of hydrogen-bond acceptors (Lipinski definition) is 9. The number of hydrogen-bond donors (Lipinski definition) is 4. The fourth-order valence-electron chi connectivity index (χ4n) is 5.62. The number of carbonyl (C=O) groups is 3. The summed E-state index contributed by atoms with van der Waals surface area (Å²) in [4.78, 5) is 50.6. The van der Waals surface area contributed by atoms with Crippen LogP contribution in [0.4, 0.5) is 4.39 Å². The Morgan fingerprint density at radius 1 is 1.22 bits per heavy atom. The molecular formula is C28H30FN5O7. The smallest absolute Gasteiger partial charge is 0.342 e. The fraction of sp³-hybridized carbons (Fsp3) is 0.393. The predicted octanol–water partition coefficient (Wildman–Crippen LogP) is 0.146. The summed E-state index contributed by atoms with van der Waals surface area (Å²) in [6.07, 6.45) is 2.58. The first-order valence-electron chi connectivity index (χ1n) is 13.1. The van der Waals surface area contributed by atoms with Crippen LogP contribution in [0.15, 0.2) is 16.9 Å². The van der Waals surface area contributed by atoms with Crippen molar-refractivity contribution in [3.05, 3.63) is 61.7 Å². The molecule has 3 aliphatic rings. The Balaban J connectivity index is 0.000000264. The van der Waals surface area contributed by atoms with Crippen LogP contribution in [0.25, 0.3) is 22.3 Å². The maximum atomic E-state index is 14.6. The van der Waals surface area contributed by atoms with Gasteiger partial charge in [-0.05, 0) is 55.9 Å². The third-order valence-corrected chi connectivity index (χ3v) is 7.70. The van der Waals surface area contributed by atoms with Gasteiger partial charge < -0.3 is 35.9 Å². The highest BCUT2D eigenvalue weighted by Gasteiger charge is 2.43. The van der Waals surface area contributed by atoms with E-state index in [1.165, 1.54) is 13.0 Å². The van der Waals surface area contributed by atoms with Gasteiger partial charge in [-0.2, -0.15) is 0 Å². The van der Waals surface area contributed by atoms with Crippen LogP contribution in [0.5, 0.6) is 0 Å². The number of nitrogens with two attached hydrogens (primary N) is 2. The maximum absolute atomic E-state index is 14.6. The summed E-state index contributed by atoms with van der Waals surface area (Å²) in [5.41, 5.74) is 13.6. The Morgan fingerprint density at radius 3 is 2.66 bits per heavy atom. The molecule has 12 nitrogen and oxygen atoms in total. The lowest BCUT2D eigenvalue weighted by Crippen LogP contribution is -2.42. The average molecular weight is 568 g/mol. The number of aromatic nitrogens is 2. The van der Waals surface area contributed by atoms with Gasteiger partial charge in [-0.25, -0.2) is 14.2 Å². The van der Waals surface area contributed by atoms with Crippen molar-refractivity contribution < 1.29 is 33.4 Å². The topological polar surface area (TPSA) is 189 Å². The lowest BCUT2D eigenvalue weighted by molar-refractivity contribution is -0.169. The van der Waals surface area contributed by atoms with Crippen molar-refractivity contribution in [1.82, 2.24) is 14.9 Å². The maximum Gasteiger partial charge on any atom is 0.342 e. The number of amides is 2.